The molecule has 0 aliphatic carbocycles. The van der Waals surface area contributed by atoms with Crippen molar-refractivity contribution in [1.82, 2.24) is 10.2 Å². The van der Waals surface area contributed by atoms with Crippen LogP contribution in [0, 0.1) is 5.82 Å². The smallest absolute Gasteiger partial charge is 0.244 e. The predicted octanol–water partition coefficient (Wildman–Crippen LogP) is 3.69. The van der Waals surface area contributed by atoms with Gasteiger partial charge in [-0.15, -0.1) is 0 Å². The van der Waals surface area contributed by atoms with Gasteiger partial charge in [-0.1, -0.05) is 37.6 Å². The lowest BCUT2D eigenvalue weighted by atomic mass is 10.1. The minimum Gasteiger partial charge on any atom is -0.354 e. The van der Waals surface area contributed by atoms with E-state index < -0.39 is 34.3 Å². The average Bonchev–Trinajstić information content (AvgIpc) is 2.76. The van der Waals surface area contributed by atoms with Crippen molar-refractivity contribution in [2.24, 2.45) is 0 Å². The van der Waals surface area contributed by atoms with Crippen LogP contribution in [0.1, 0.15) is 32.3 Å². The third kappa shape index (κ3) is 7.82. The maximum Gasteiger partial charge on any atom is 0.244 e. The fourth-order valence-corrected chi connectivity index (χ4v) is 4.63. The normalized spacial score (nSPS) is 12.2. The summed E-state index contributed by atoms with van der Waals surface area (Å²) in [7, 11) is -3.81. The van der Waals surface area contributed by atoms with Crippen molar-refractivity contribution in [3.63, 3.8) is 0 Å². The third-order valence-electron chi connectivity index (χ3n) is 5.06. The number of para-hydroxylation sites is 1. The largest absolute Gasteiger partial charge is 0.354 e. The van der Waals surface area contributed by atoms with Gasteiger partial charge in [0, 0.05) is 17.6 Å². The molecule has 0 heterocycles. The van der Waals surface area contributed by atoms with Crippen LogP contribution in [0.3, 0.4) is 0 Å². The number of nitrogens with zero attached hydrogens (tertiary/aromatic N) is 2. The number of halogens is 2. The first-order valence-corrected chi connectivity index (χ1v) is 13.2. The molecule has 0 bridgehead atoms. The maximum absolute atomic E-state index is 13.4. The van der Waals surface area contributed by atoms with Gasteiger partial charge in [0.05, 0.1) is 11.9 Å². The number of carbonyl (C=O) groups excluding carboxylic acids is 2. The molecule has 0 fully saturated rings. The lowest BCUT2D eigenvalue weighted by Crippen LogP contribution is -2.51. The van der Waals surface area contributed by atoms with Crippen LogP contribution in [0.5, 0.6) is 0 Å². The van der Waals surface area contributed by atoms with Gasteiger partial charge >= 0.3 is 0 Å². The van der Waals surface area contributed by atoms with Gasteiger partial charge in [0.2, 0.25) is 21.8 Å². The van der Waals surface area contributed by atoms with E-state index in [-0.39, 0.29) is 12.5 Å². The summed E-state index contributed by atoms with van der Waals surface area (Å²) >= 11 is 3.33. The fourth-order valence-electron chi connectivity index (χ4n) is 3.15. The molecular weight excluding hydrogens is 513 g/mol. The lowest BCUT2D eigenvalue weighted by Gasteiger charge is -2.31. The number of sulfonamides is 1. The van der Waals surface area contributed by atoms with E-state index in [1.807, 2.05) is 6.92 Å². The van der Waals surface area contributed by atoms with Crippen LogP contribution in [-0.2, 0) is 26.2 Å². The highest BCUT2D eigenvalue weighted by Crippen LogP contribution is 2.28. The molecule has 7 nitrogen and oxygen atoms in total. The summed E-state index contributed by atoms with van der Waals surface area (Å²) in [5.41, 5.74) is 0.930. The number of carbonyl (C=O) groups is 2. The number of hydrogen-bond donors (Lipinski definition) is 1. The van der Waals surface area contributed by atoms with Gasteiger partial charge in [-0.2, -0.15) is 0 Å². The predicted molar refractivity (Wildman–Crippen MR) is 131 cm³/mol. The Morgan fingerprint density at radius 3 is 2.33 bits per heavy atom. The van der Waals surface area contributed by atoms with Crippen molar-refractivity contribution in [1.29, 1.82) is 0 Å². The van der Waals surface area contributed by atoms with Gasteiger partial charge < -0.3 is 10.2 Å². The molecule has 0 aliphatic rings. The molecule has 33 heavy (non-hydrogen) atoms. The first-order valence-electron chi connectivity index (χ1n) is 10.6. The number of rotatable bonds is 11. The summed E-state index contributed by atoms with van der Waals surface area (Å²) in [6.07, 6.45) is 2.72. The highest BCUT2D eigenvalue weighted by Gasteiger charge is 2.30. The minimum atomic E-state index is -3.81. The first-order chi connectivity index (χ1) is 15.5. The second-order valence-electron chi connectivity index (χ2n) is 7.69. The minimum absolute atomic E-state index is 0.0229. The molecule has 2 aromatic carbocycles. The van der Waals surface area contributed by atoms with E-state index in [9.17, 15) is 22.4 Å². The lowest BCUT2D eigenvalue weighted by molar-refractivity contribution is -0.139. The first kappa shape index (κ1) is 26.8. The quantitative estimate of drug-likeness (QED) is 0.439. The standard InChI is InChI=1S/C23H29BrFN3O4S/c1-4-5-14-26-23(30)17(2)27(15-18-10-12-19(25)13-11-18)22(29)16-28(33(3,31)32)21-9-7-6-8-20(21)24/h6-13,17H,4-5,14-16H2,1-3H3,(H,26,30)/t17-/m1/s1. The molecule has 2 rings (SSSR count). The highest BCUT2D eigenvalue weighted by atomic mass is 79.9. The summed E-state index contributed by atoms with van der Waals surface area (Å²) in [4.78, 5) is 27.4. The second-order valence-corrected chi connectivity index (χ2v) is 10.5. The molecule has 0 aliphatic heterocycles. The van der Waals surface area contributed by atoms with Crippen LogP contribution in [0.25, 0.3) is 0 Å². The van der Waals surface area contributed by atoms with Crippen LogP contribution >= 0.6 is 15.9 Å². The van der Waals surface area contributed by atoms with Crippen molar-refractivity contribution >= 4 is 43.5 Å². The van der Waals surface area contributed by atoms with Gasteiger partial charge in [-0.25, -0.2) is 12.8 Å². The molecule has 0 radical (unpaired) electrons. The molecule has 0 saturated carbocycles. The van der Waals surface area contributed by atoms with E-state index in [2.05, 4.69) is 21.2 Å². The number of benzene rings is 2. The molecule has 180 valence electrons. The number of anilines is 1. The third-order valence-corrected chi connectivity index (χ3v) is 6.86. The zero-order valence-electron chi connectivity index (χ0n) is 18.9. The molecule has 1 atom stereocenters. The van der Waals surface area contributed by atoms with Crippen molar-refractivity contribution in [3.8, 4) is 0 Å². The van der Waals surface area contributed by atoms with Crippen LogP contribution in [-0.4, -0.2) is 50.5 Å². The van der Waals surface area contributed by atoms with Gasteiger partial charge in [-0.05, 0) is 59.1 Å². The van der Waals surface area contributed by atoms with Crippen LogP contribution in [0.4, 0.5) is 10.1 Å². The molecule has 10 heteroatoms. The number of hydrogen-bond acceptors (Lipinski definition) is 4. The molecule has 2 amide bonds. The second kappa shape index (κ2) is 12.1. The van der Waals surface area contributed by atoms with Crippen molar-refractivity contribution in [2.75, 3.05) is 23.7 Å². The van der Waals surface area contributed by atoms with Crippen molar-refractivity contribution in [3.05, 3.63) is 64.4 Å². The maximum atomic E-state index is 13.4. The molecule has 0 unspecified atom stereocenters. The Balaban J connectivity index is 2.34. The monoisotopic (exact) mass is 541 g/mol. The van der Waals surface area contributed by atoms with Gasteiger partial charge in [0.25, 0.3) is 0 Å². The Morgan fingerprint density at radius 2 is 1.76 bits per heavy atom. The molecule has 0 aromatic heterocycles. The zero-order valence-corrected chi connectivity index (χ0v) is 21.3. The Morgan fingerprint density at radius 1 is 1.12 bits per heavy atom. The summed E-state index contributed by atoms with van der Waals surface area (Å²) in [6.45, 7) is 3.60. The fraction of sp³-hybridized carbons (Fsp3) is 0.391. The van der Waals surface area contributed by atoms with E-state index >= 15 is 0 Å². The van der Waals surface area contributed by atoms with E-state index in [4.69, 9.17) is 0 Å². The summed E-state index contributed by atoms with van der Waals surface area (Å²) in [5, 5.41) is 2.81. The van der Waals surface area contributed by atoms with Crippen LogP contribution < -0.4 is 9.62 Å². The highest BCUT2D eigenvalue weighted by molar-refractivity contribution is 9.10. The number of unbranched alkanes of at least 4 members (excludes halogenated alkanes) is 1. The number of nitrogens with one attached hydrogen (secondary N) is 1. The van der Waals surface area contributed by atoms with Crippen LogP contribution in [0.15, 0.2) is 53.0 Å². The SMILES string of the molecule is CCCCNC(=O)[C@@H](C)N(Cc1ccc(F)cc1)C(=O)CN(c1ccccc1Br)S(C)(=O)=O. The Bertz CT molecular complexity index is 1060. The molecule has 0 spiro atoms. The summed E-state index contributed by atoms with van der Waals surface area (Å²) in [5.74, 6) is -1.32. The molecule has 2 aromatic rings. The zero-order chi connectivity index (χ0) is 24.6. The topological polar surface area (TPSA) is 86.8 Å². The van der Waals surface area contributed by atoms with Crippen molar-refractivity contribution in [2.45, 2.75) is 39.3 Å². The summed E-state index contributed by atoms with van der Waals surface area (Å²) < 4.78 is 39.9. The molecule has 1 N–H and O–H groups in total. The van der Waals surface area contributed by atoms with Gasteiger partial charge in [0.15, 0.2) is 0 Å². The Labute approximate surface area is 203 Å². The van der Waals surface area contributed by atoms with Gasteiger partial charge in [-0.3, -0.25) is 13.9 Å². The van der Waals surface area contributed by atoms with E-state index in [1.165, 1.54) is 29.2 Å². The van der Waals surface area contributed by atoms with E-state index in [0.717, 1.165) is 23.4 Å². The van der Waals surface area contributed by atoms with Crippen LogP contribution in [0.2, 0.25) is 0 Å². The van der Waals surface area contributed by atoms with Gasteiger partial charge in [0.1, 0.15) is 18.4 Å². The summed E-state index contributed by atoms with van der Waals surface area (Å²) in [6, 6.07) is 11.4. The Hall–Kier alpha value is -2.46. The number of amides is 2. The Kier molecular flexibility index (Phi) is 9.85. The molecular formula is C23H29BrFN3O4S. The average molecular weight is 542 g/mol. The van der Waals surface area contributed by atoms with E-state index in [0.29, 0.717) is 22.3 Å². The van der Waals surface area contributed by atoms with E-state index in [1.54, 1.807) is 31.2 Å². The molecule has 0 saturated heterocycles. The van der Waals surface area contributed by atoms with Crippen molar-refractivity contribution < 1.29 is 22.4 Å².